The molecule has 0 unspecified atom stereocenters. The number of carbonyl (C=O) groups is 2. The summed E-state index contributed by atoms with van der Waals surface area (Å²) in [7, 11) is 1.65. The van der Waals surface area contributed by atoms with Gasteiger partial charge in [0.2, 0.25) is 5.91 Å². The zero-order chi connectivity index (χ0) is 15.0. The third kappa shape index (κ3) is 5.93. The first-order chi connectivity index (χ1) is 9.50. The van der Waals surface area contributed by atoms with Gasteiger partial charge in [-0.2, -0.15) is 0 Å². The Morgan fingerprint density at radius 1 is 1.30 bits per heavy atom. The van der Waals surface area contributed by atoms with Crippen LogP contribution in [0.2, 0.25) is 5.02 Å². The van der Waals surface area contributed by atoms with Crippen molar-refractivity contribution in [2.24, 2.45) is 0 Å². The average molecular weight is 300 g/mol. The summed E-state index contributed by atoms with van der Waals surface area (Å²) in [6.45, 7) is 0.670. The van der Waals surface area contributed by atoms with Crippen LogP contribution >= 0.6 is 11.6 Å². The van der Waals surface area contributed by atoms with Crippen molar-refractivity contribution in [3.63, 3.8) is 0 Å². The Balaban J connectivity index is 2.25. The van der Waals surface area contributed by atoms with Gasteiger partial charge in [0.05, 0.1) is 18.1 Å². The predicted octanol–water partition coefficient (Wildman–Crippen LogP) is 2.43. The summed E-state index contributed by atoms with van der Waals surface area (Å²) in [5, 5.41) is 9.03. The molecule has 0 spiro atoms. The topological polar surface area (TPSA) is 66.8 Å². The molecule has 0 aliphatic heterocycles. The highest BCUT2D eigenvalue weighted by atomic mass is 35.5. The van der Waals surface area contributed by atoms with Gasteiger partial charge in [0.25, 0.3) is 0 Å². The highest BCUT2D eigenvalue weighted by molar-refractivity contribution is 6.32. The van der Waals surface area contributed by atoms with Crippen molar-refractivity contribution in [3.05, 3.63) is 29.3 Å². The quantitative estimate of drug-likeness (QED) is 0.800. The molecule has 0 aromatic heterocycles. The molecule has 5 nitrogen and oxygen atoms in total. The van der Waals surface area contributed by atoms with Crippen LogP contribution in [0.4, 0.5) is 0 Å². The second-order valence-corrected chi connectivity index (χ2v) is 4.75. The monoisotopic (exact) mass is 299 g/mol. The number of halogens is 1. The molecule has 0 radical (unpaired) electrons. The average Bonchev–Trinajstić information content (AvgIpc) is 2.40. The molecule has 0 atom stereocenters. The second-order valence-electron chi connectivity index (χ2n) is 4.34. The summed E-state index contributed by atoms with van der Waals surface area (Å²) in [5.41, 5.74) is 0. The van der Waals surface area contributed by atoms with Crippen LogP contribution in [0.3, 0.4) is 0 Å². The number of amides is 1. The maximum atomic E-state index is 11.8. The Bertz CT molecular complexity index is 464. The van der Waals surface area contributed by atoms with Crippen LogP contribution in [0.25, 0.3) is 0 Å². The number of hydrogen-bond acceptors (Lipinski definition) is 3. The lowest BCUT2D eigenvalue weighted by Gasteiger charge is -2.16. The van der Waals surface area contributed by atoms with Crippen molar-refractivity contribution in [2.45, 2.75) is 19.3 Å². The summed E-state index contributed by atoms with van der Waals surface area (Å²) < 4.78 is 5.43. The third-order valence-electron chi connectivity index (χ3n) is 2.72. The first-order valence-corrected chi connectivity index (χ1v) is 6.71. The first kappa shape index (κ1) is 16.3. The van der Waals surface area contributed by atoms with E-state index in [2.05, 4.69) is 0 Å². The molecule has 1 aromatic rings. The fourth-order valence-electron chi connectivity index (χ4n) is 1.59. The zero-order valence-corrected chi connectivity index (χ0v) is 12.1. The van der Waals surface area contributed by atoms with E-state index in [1.807, 2.05) is 0 Å². The minimum atomic E-state index is -0.854. The fourth-order valence-corrected chi connectivity index (χ4v) is 1.78. The van der Waals surface area contributed by atoms with Gasteiger partial charge in [-0.25, -0.2) is 0 Å². The van der Waals surface area contributed by atoms with Gasteiger partial charge in [-0.15, -0.1) is 0 Å². The van der Waals surface area contributed by atoms with Gasteiger partial charge in [0.1, 0.15) is 5.75 Å². The molecule has 20 heavy (non-hydrogen) atoms. The molecule has 1 N–H and O–H groups in total. The van der Waals surface area contributed by atoms with Gasteiger partial charge < -0.3 is 14.7 Å². The molecule has 1 rings (SSSR count). The van der Waals surface area contributed by atoms with E-state index < -0.39 is 5.97 Å². The lowest BCUT2D eigenvalue weighted by atomic mass is 10.3. The second kappa shape index (κ2) is 8.43. The number of hydrogen-bond donors (Lipinski definition) is 1. The van der Waals surface area contributed by atoms with Crippen molar-refractivity contribution in [3.8, 4) is 5.75 Å². The molecule has 1 amide bonds. The Morgan fingerprint density at radius 3 is 2.65 bits per heavy atom. The standard InChI is InChI=1S/C14H18ClNO4/c1-16(9-4-7-14(18)19)13(17)8-10-20-12-6-3-2-5-11(12)15/h2-3,5-6H,4,7-10H2,1H3,(H,18,19). The molecule has 0 saturated heterocycles. The zero-order valence-electron chi connectivity index (χ0n) is 11.3. The van der Waals surface area contributed by atoms with Gasteiger partial charge in [-0.3, -0.25) is 9.59 Å². The van der Waals surface area contributed by atoms with Gasteiger partial charge in [-0.05, 0) is 18.6 Å². The number of nitrogens with zero attached hydrogens (tertiary/aromatic N) is 1. The number of aliphatic carboxylic acids is 1. The normalized spacial score (nSPS) is 10.1. The molecule has 0 bridgehead atoms. The van der Waals surface area contributed by atoms with Gasteiger partial charge in [0.15, 0.2) is 0 Å². The number of para-hydroxylation sites is 1. The highest BCUT2D eigenvalue weighted by Gasteiger charge is 2.10. The molecular weight excluding hydrogens is 282 g/mol. The van der Waals surface area contributed by atoms with E-state index in [9.17, 15) is 9.59 Å². The highest BCUT2D eigenvalue weighted by Crippen LogP contribution is 2.23. The fraction of sp³-hybridized carbons (Fsp3) is 0.429. The molecule has 6 heteroatoms. The van der Waals surface area contributed by atoms with Crippen LogP contribution in [0.5, 0.6) is 5.75 Å². The van der Waals surface area contributed by atoms with Crippen molar-refractivity contribution < 1.29 is 19.4 Å². The van der Waals surface area contributed by atoms with Crippen LogP contribution in [0.15, 0.2) is 24.3 Å². The number of ether oxygens (including phenoxy) is 1. The Morgan fingerprint density at radius 2 is 2.00 bits per heavy atom. The largest absolute Gasteiger partial charge is 0.491 e. The molecule has 0 heterocycles. The maximum absolute atomic E-state index is 11.8. The van der Waals surface area contributed by atoms with E-state index >= 15 is 0 Å². The van der Waals surface area contributed by atoms with Crippen molar-refractivity contribution in [1.82, 2.24) is 4.90 Å². The van der Waals surface area contributed by atoms with Crippen LogP contribution < -0.4 is 4.74 Å². The lowest BCUT2D eigenvalue weighted by Crippen LogP contribution is -2.29. The maximum Gasteiger partial charge on any atom is 0.303 e. The summed E-state index contributed by atoms with van der Waals surface area (Å²) in [4.78, 5) is 23.6. The van der Waals surface area contributed by atoms with Crippen molar-refractivity contribution in [1.29, 1.82) is 0 Å². The van der Waals surface area contributed by atoms with E-state index in [0.717, 1.165) is 0 Å². The molecule has 0 aliphatic carbocycles. The van der Waals surface area contributed by atoms with Crippen molar-refractivity contribution in [2.75, 3.05) is 20.2 Å². The van der Waals surface area contributed by atoms with Gasteiger partial charge >= 0.3 is 5.97 Å². The minimum absolute atomic E-state index is 0.0632. The molecule has 0 aliphatic rings. The van der Waals surface area contributed by atoms with Gasteiger partial charge in [0, 0.05) is 20.0 Å². The molecule has 0 saturated carbocycles. The van der Waals surface area contributed by atoms with E-state index in [1.54, 1.807) is 31.3 Å². The van der Waals surface area contributed by atoms with Crippen molar-refractivity contribution >= 4 is 23.5 Å². The van der Waals surface area contributed by atoms with E-state index in [1.165, 1.54) is 4.90 Å². The first-order valence-electron chi connectivity index (χ1n) is 6.34. The SMILES string of the molecule is CN(CCCC(=O)O)C(=O)CCOc1ccccc1Cl. The third-order valence-corrected chi connectivity index (χ3v) is 3.03. The Kier molecular flexibility index (Phi) is 6.87. The minimum Gasteiger partial charge on any atom is -0.491 e. The van der Waals surface area contributed by atoms with E-state index in [-0.39, 0.29) is 25.4 Å². The molecular formula is C14H18ClNO4. The number of carboxylic acids is 1. The van der Waals surface area contributed by atoms with E-state index in [0.29, 0.717) is 23.7 Å². The summed E-state index contributed by atoms with van der Waals surface area (Å²) in [6.07, 6.45) is 0.742. The number of benzene rings is 1. The number of carboxylic acid groups (broad SMARTS) is 1. The van der Waals surface area contributed by atoms with E-state index in [4.69, 9.17) is 21.4 Å². The van der Waals surface area contributed by atoms with Crippen LogP contribution in [-0.2, 0) is 9.59 Å². The summed E-state index contributed by atoms with van der Waals surface area (Å²) >= 11 is 5.92. The number of rotatable bonds is 8. The number of carbonyl (C=O) groups excluding carboxylic acids is 1. The predicted molar refractivity (Wildman–Crippen MR) is 76.1 cm³/mol. The lowest BCUT2D eigenvalue weighted by molar-refractivity contribution is -0.138. The molecule has 0 fully saturated rings. The summed E-state index contributed by atoms with van der Waals surface area (Å²) in [5.74, 6) is -0.383. The molecule has 110 valence electrons. The van der Waals surface area contributed by atoms with Crippen LogP contribution in [-0.4, -0.2) is 42.1 Å². The van der Waals surface area contributed by atoms with Gasteiger partial charge in [-0.1, -0.05) is 23.7 Å². The van der Waals surface area contributed by atoms with Crippen LogP contribution in [0.1, 0.15) is 19.3 Å². The Hall–Kier alpha value is -1.75. The Labute approximate surface area is 123 Å². The smallest absolute Gasteiger partial charge is 0.303 e. The summed E-state index contributed by atoms with van der Waals surface area (Å²) in [6, 6.07) is 7.07. The van der Waals surface area contributed by atoms with Crippen LogP contribution in [0, 0.1) is 0 Å². The molecule has 1 aromatic carbocycles.